The highest BCUT2D eigenvalue weighted by Gasteiger charge is 2.06. The van der Waals surface area contributed by atoms with Crippen LogP contribution in [0.15, 0.2) is 48.5 Å². The van der Waals surface area contributed by atoms with Crippen molar-refractivity contribution >= 4 is 5.91 Å². The number of nitrogens with two attached hydrogens (primary N) is 1. The van der Waals surface area contributed by atoms with Gasteiger partial charge in [0.2, 0.25) is 5.91 Å². The van der Waals surface area contributed by atoms with Gasteiger partial charge >= 0.3 is 0 Å². The molecule has 1 unspecified atom stereocenters. The molecule has 1 amide bonds. The van der Waals surface area contributed by atoms with Crippen molar-refractivity contribution < 1.29 is 9.18 Å². The topological polar surface area (TPSA) is 55.1 Å². The second-order valence-corrected chi connectivity index (χ2v) is 5.80. The molecule has 122 valence electrons. The molecule has 1 atom stereocenters. The molecule has 0 aromatic heterocycles. The highest BCUT2D eigenvalue weighted by Crippen LogP contribution is 2.11. The third kappa shape index (κ3) is 5.83. The average Bonchev–Trinajstić information content (AvgIpc) is 2.54. The maximum absolute atomic E-state index is 13.1. The van der Waals surface area contributed by atoms with Gasteiger partial charge in [0.25, 0.3) is 0 Å². The first-order valence-corrected chi connectivity index (χ1v) is 7.89. The number of carbonyl (C=O) groups excluding carboxylic acids is 1. The molecule has 0 aliphatic heterocycles. The van der Waals surface area contributed by atoms with E-state index in [1.54, 1.807) is 19.1 Å². The lowest BCUT2D eigenvalue weighted by atomic mass is 10.0. The van der Waals surface area contributed by atoms with E-state index >= 15 is 0 Å². The van der Waals surface area contributed by atoms with Gasteiger partial charge in [-0.25, -0.2) is 4.39 Å². The van der Waals surface area contributed by atoms with Crippen LogP contribution in [0, 0.1) is 5.82 Å². The summed E-state index contributed by atoms with van der Waals surface area (Å²) in [5.41, 5.74) is 8.62. The number of carbonyl (C=O) groups is 1. The zero-order chi connectivity index (χ0) is 16.7. The predicted molar refractivity (Wildman–Crippen MR) is 90.4 cm³/mol. The van der Waals surface area contributed by atoms with Crippen LogP contribution in [0.5, 0.6) is 0 Å². The summed E-state index contributed by atoms with van der Waals surface area (Å²) in [5.74, 6) is -0.525. The van der Waals surface area contributed by atoms with E-state index in [1.165, 1.54) is 11.6 Å². The molecular formula is C19H23FN2O. The monoisotopic (exact) mass is 314 g/mol. The van der Waals surface area contributed by atoms with Crippen molar-refractivity contribution in [2.24, 2.45) is 5.73 Å². The van der Waals surface area contributed by atoms with E-state index in [0.29, 0.717) is 6.54 Å². The standard InChI is InChI=1S/C19H23FN2O/c1-14(19(21)23)22-13-17-10-8-15(9-11-17)4-2-5-16-6-3-7-18(20)12-16/h3,6-12,14,22H,2,4-5,13H2,1H3,(H2,21,23). The molecule has 2 aromatic carbocycles. The van der Waals surface area contributed by atoms with E-state index in [4.69, 9.17) is 5.73 Å². The number of primary amides is 1. The second kappa shape index (κ2) is 8.44. The highest BCUT2D eigenvalue weighted by atomic mass is 19.1. The van der Waals surface area contributed by atoms with Crippen LogP contribution in [0.25, 0.3) is 0 Å². The smallest absolute Gasteiger partial charge is 0.234 e. The highest BCUT2D eigenvalue weighted by molar-refractivity contribution is 5.79. The lowest BCUT2D eigenvalue weighted by Crippen LogP contribution is -2.38. The fourth-order valence-electron chi connectivity index (χ4n) is 2.38. The molecule has 2 aromatic rings. The van der Waals surface area contributed by atoms with Gasteiger partial charge in [-0.1, -0.05) is 36.4 Å². The van der Waals surface area contributed by atoms with Crippen molar-refractivity contribution in [1.29, 1.82) is 0 Å². The molecule has 0 bridgehead atoms. The number of benzene rings is 2. The largest absolute Gasteiger partial charge is 0.368 e. The summed E-state index contributed by atoms with van der Waals surface area (Å²) in [6.07, 6.45) is 2.82. The quantitative estimate of drug-likeness (QED) is 0.787. The first-order chi connectivity index (χ1) is 11.0. The lowest BCUT2D eigenvalue weighted by molar-refractivity contribution is -0.119. The Kier molecular flexibility index (Phi) is 6.29. The van der Waals surface area contributed by atoms with Crippen LogP contribution in [-0.4, -0.2) is 11.9 Å². The van der Waals surface area contributed by atoms with E-state index in [-0.39, 0.29) is 17.8 Å². The van der Waals surface area contributed by atoms with Crippen LogP contribution < -0.4 is 11.1 Å². The van der Waals surface area contributed by atoms with E-state index < -0.39 is 0 Å². The fourth-order valence-corrected chi connectivity index (χ4v) is 2.38. The third-order valence-corrected chi connectivity index (χ3v) is 3.88. The van der Waals surface area contributed by atoms with Crippen molar-refractivity contribution in [3.8, 4) is 0 Å². The minimum Gasteiger partial charge on any atom is -0.368 e. The number of nitrogens with one attached hydrogen (secondary N) is 1. The van der Waals surface area contributed by atoms with Crippen molar-refractivity contribution in [3.05, 3.63) is 71.0 Å². The minimum atomic E-state index is -0.348. The number of halogens is 1. The van der Waals surface area contributed by atoms with E-state index in [0.717, 1.165) is 30.4 Å². The van der Waals surface area contributed by atoms with Gasteiger partial charge in [0.1, 0.15) is 5.82 Å². The molecule has 0 fully saturated rings. The molecule has 23 heavy (non-hydrogen) atoms. The van der Waals surface area contributed by atoms with Gasteiger partial charge in [0.15, 0.2) is 0 Å². The molecule has 0 spiro atoms. The molecule has 2 rings (SSSR count). The van der Waals surface area contributed by atoms with Crippen molar-refractivity contribution in [2.45, 2.75) is 38.8 Å². The van der Waals surface area contributed by atoms with E-state index in [2.05, 4.69) is 29.6 Å². The summed E-state index contributed by atoms with van der Waals surface area (Å²) in [5, 5.41) is 3.08. The molecule has 4 heteroatoms. The van der Waals surface area contributed by atoms with Crippen LogP contribution >= 0.6 is 0 Å². The zero-order valence-corrected chi connectivity index (χ0v) is 13.4. The Labute approximate surface area is 136 Å². The van der Waals surface area contributed by atoms with Gasteiger partial charge in [-0.3, -0.25) is 4.79 Å². The Balaban J connectivity index is 1.77. The summed E-state index contributed by atoms with van der Waals surface area (Å²) in [4.78, 5) is 11.0. The number of hydrogen-bond donors (Lipinski definition) is 2. The maximum Gasteiger partial charge on any atom is 0.234 e. The van der Waals surface area contributed by atoms with Crippen molar-refractivity contribution in [1.82, 2.24) is 5.32 Å². The normalized spacial score (nSPS) is 12.1. The Bertz CT molecular complexity index is 640. The SMILES string of the molecule is CC(NCc1ccc(CCCc2cccc(F)c2)cc1)C(N)=O. The van der Waals surface area contributed by atoms with E-state index in [9.17, 15) is 9.18 Å². The zero-order valence-electron chi connectivity index (χ0n) is 13.4. The third-order valence-electron chi connectivity index (χ3n) is 3.88. The minimum absolute atomic E-state index is 0.176. The predicted octanol–water partition coefficient (Wildman–Crippen LogP) is 2.96. The Morgan fingerprint density at radius 3 is 2.39 bits per heavy atom. The first kappa shape index (κ1) is 17.2. The molecule has 0 aliphatic carbocycles. The first-order valence-electron chi connectivity index (χ1n) is 7.89. The van der Waals surface area contributed by atoms with Gasteiger partial charge in [-0.2, -0.15) is 0 Å². The number of aryl methyl sites for hydroxylation is 2. The van der Waals surface area contributed by atoms with E-state index in [1.807, 2.05) is 6.07 Å². The summed E-state index contributed by atoms with van der Waals surface area (Å²) in [6.45, 7) is 2.37. The average molecular weight is 314 g/mol. The van der Waals surface area contributed by atoms with Crippen LogP contribution in [-0.2, 0) is 24.2 Å². The maximum atomic E-state index is 13.1. The van der Waals surface area contributed by atoms with Crippen molar-refractivity contribution in [3.63, 3.8) is 0 Å². The summed E-state index contributed by atoms with van der Waals surface area (Å²) in [6, 6.07) is 14.7. The molecule has 0 heterocycles. The molecule has 3 N–H and O–H groups in total. The lowest BCUT2D eigenvalue weighted by Gasteiger charge is -2.10. The molecule has 0 saturated carbocycles. The second-order valence-electron chi connectivity index (χ2n) is 5.80. The molecule has 3 nitrogen and oxygen atoms in total. The fraction of sp³-hybridized carbons (Fsp3) is 0.316. The number of amides is 1. The Hall–Kier alpha value is -2.20. The summed E-state index contributed by atoms with van der Waals surface area (Å²) < 4.78 is 13.1. The molecule has 0 radical (unpaired) electrons. The van der Waals surface area contributed by atoms with Crippen LogP contribution in [0.1, 0.15) is 30.0 Å². The molecule has 0 aliphatic rings. The van der Waals surface area contributed by atoms with Gasteiger partial charge in [0.05, 0.1) is 6.04 Å². The van der Waals surface area contributed by atoms with Crippen molar-refractivity contribution in [2.75, 3.05) is 0 Å². The summed E-state index contributed by atoms with van der Waals surface area (Å²) in [7, 11) is 0. The van der Waals surface area contributed by atoms with Crippen LogP contribution in [0.2, 0.25) is 0 Å². The summed E-state index contributed by atoms with van der Waals surface area (Å²) >= 11 is 0. The van der Waals surface area contributed by atoms with Crippen LogP contribution in [0.3, 0.4) is 0 Å². The number of hydrogen-bond acceptors (Lipinski definition) is 2. The van der Waals surface area contributed by atoms with Gasteiger partial charge in [-0.15, -0.1) is 0 Å². The molecular weight excluding hydrogens is 291 g/mol. The van der Waals surface area contributed by atoms with Gasteiger partial charge in [-0.05, 0) is 55.0 Å². The van der Waals surface area contributed by atoms with Gasteiger partial charge in [0, 0.05) is 6.54 Å². The Morgan fingerprint density at radius 1 is 1.09 bits per heavy atom. The number of rotatable bonds is 8. The van der Waals surface area contributed by atoms with Crippen LogP contribution in [0.4, 0.5) is 4.39 Å². The Morgan fingerprint density at radius 2 is 1.74 bits per heavy atom. The molecule has 0 saturated heterocycles. The van der Waals surface area contributed by atoms with Gasteiger partial charge < -0.3 is 11.1 Å².